The topological polar surface area (TPSA) is 78.9 Å². The zero-order valence-electron chi connectivity index (χ0n) is 15.3. The van der Waals surface area contributed by atoms with Crippen molar-refractivity contribution in [2.75, 3.05) is 7.11 Å². The first kappa shape index (κ1) is 18.5. The van der Waals surface area contributed by atoms with Crippen LogP contribution in [0.3, 0.4) is 0 Å². The molecule has 2 aromatic carbocycles. The molecule has 0 aliphatic rings. The highest BCUT2D eigenvalue weighted by Gasteiger charge is 2.15. The molecule has 4 aromatic rings. The van der Waals surface area contributed by atoms with Crippen molar-refractivity contribution in [2.45, 2.75) is 6.61 Å². The fourth-order valence-electron chi connectivity index (χ4n) is 2.89. The third-order valence-electron chi connectivity index (χ3n) is 4.33. The van der Waals surface area contributed by atoms with Crippen molar-refractivity contribution in [3.63, 3.8) is 0 Å². The fourth-order valence-corrected chi connectivity index (χ4v) is 2.89. The standard InChI is InChI=1S/C22H15FO6/c1-26-16-6-7-17-14(10-21(24)29-20(17)11-16)12-27-22(25)19-9-8-18(28-19)13-2-4-15(23)5-3-13/h2-11H,12H2,1H3. The molecule has 0 saturated carbocycles. The van der Waals surface area contributed by atoms with Crippen molar-refractivity contribution in [2.24, 2.45) is 0 Å². The molecule has 6 nitrogen and oxygen atoms in total. The molecule has 29 heavy (non-hydrogen) atoms. The number of rotatable bonds is 5. The van der Waals surface area contributed by atoms with E-state index in [1.165, 1.54) is 31.4 Å². The lowest BCUT2D eigenvalue weighted by Gasteiger charge is -2.07. The minimum absolute atomic E-state index is 0.00161. The first-order chi connectivity index (χ1) is 14.0. The van der Waals surface area contributed by atoms with Crippen LogP contribution < -0.4 is 10.4 Å². The van der Waals surface area contributed by atoms with E-state index < -0.39 is 11.6 Å². The maximum Gasteiger partial charge on any atom is 0.374 e. The Bertz CT molecular complexity index is 1240. The zero-order valence-corrected chi connectivity index (χ0v) is 15.3. The van der Waals surface area contributed by atoms with Gasteiger partial charge in [-0.1, -0.05) is 0 Å². The van der Waals surface area contributed by atoms with Crippen LogP contribution in [-0.4, -0.2) is 13.1 Å². The summed E-state index contributed by atoms with van der Waals surface area (Å²) < 4.78 is 34.1. The Hall–Kier alpha value is -3.87. The lowest BCUT2D eigenvalue weighted by molar-refractivity contribution is 0.0438. The van der Waals surface area contributed by atoms with Gasteiger partial charge in [-0.25, -0.2) is 14.0 Å². The summed E-state index contributed by atoms with van der Waals surface area (Å²) in [5.74, 6) is -0.0998. The maximum atomic E-state index is 13.0. The van der Waals surface area contributed by atoms with Gasteiger partial charge >= 0.3 is 11.6 Å². The molecular formula is C22H15FO6. The number of carbonyl (C=O) groups excluding carboxylic acids is 1. The van der Waals surface area contributed by atoms with Crippen molar-refractivity contribution in [3.8, 4) is 17.1 Å². The molecule has 0 radical (unpaired) electrons. The van der Waals surface area contributed by atoms with E-state index in [2.05, 4.69) is 0 Å². The van der Waals surface area contributed by atoms with E-state index >= 15 is 0 Å². The Labute approximate surface area is 164 Å². The molecular weight excluding hydrogens is 379 g/mol. The summed E-state index contributed by atoms with van der Waals surface area (Å²) in [5.41, 5.74) is 0.900. The number of benzene rings is 2. The van der Waals surface area contributed by atoms with E-state index in [9.17, 15) is 14.0 Å². The summed E-state index contributed by atoms with van der Waals surface area (Å²) in [6.45, 7) is -0.139. The van der Waals surface area contributed by atoms with Crippen molar-refractivity contribution < 1.29 is 27.5 Å². The predicted octanol–water partition coefficient (Wildman–Crippen LogP) is 4.56. The maximum absolute atomic E-state index is 13.0. The highest BCUT2D eigenvalue weighted by atomic mass is 19.1. The van der Waals surface area contributed by atoms with Gasteiger partial charge in [0.2, 0.25) is 5.76 Å². The number of methoxy groups -OCH3 is 1. The monoisotopic (exact) mass is 394 g/mol. The molecule has 146 valence electrons. The molecule has 0 N–H and O–H groups in total. The van der Waals surface area contributed by atoms with Gasteiger partial charge in [-0.3, -0.25) is 0 Å². The van der Waals surface area contributed by atoms with Crippen LogP contribution in [0.4, 0.5) is 4.39 Å². The molecule has 7 heteroatoms. The molecule has 0 aliphatic carbocycles. The third kappa shape index (κ3) is 3.89. The van der Waals surface area contributed by atoms with Crippen LogP contribution in [-0.2, 0) is 11.3 Å². The van der Waals surface area contributed by atoms with Gasteiger partial charge in [0, 0.05) is 28.6 Å². The number of halogens is 1. The van der Waals surface area contributed by atoms with Gasteiger partial charge in [-0.05, 0) is 48.5 Å². The molecule has 2 aromatic heterocycles. The molecule has 0 spiro atoms. The molecule has 0 fully saturated rings. The van der Waals surface area contributed by atoms with Crippen LogP contribution in [0.2, 0.25) is 0 Å². The predicted molar refractivity (Wildman–Crippen MR) is 102 cm³/mol. The second-order valence-corrected chi connectivity index (χ2v) is 6.20. The van der Waals surface area contributed by atoms with Gasteiger partial charge in [0.15, 0.2) is 0 Å². The van der Waals surface area contributed by atoms with Gasteiger partial charge in [-0.15, -0.1) is 0 Å². The molecule has 0 unspecified atom stereocenters. The van der Waals surface area contributed by atoms with E-state index in [0.717, 1.165) is 0 Å². The average molecular weight is 394 g/mol. The number of carbonyl (C=O) groups is 1. The summed E-state index contributed by atoms with van der Waals surface area (Å²) >= 11 is 0. The normalized spacial score (nSPS) is 10.8. The number of esters is 1. The highest BCUT2D eigenvalue weighted by Crippen LogP contribution is 2.25. The number of fused-ring (bicyclic) bond motifs is 1. The summed E-state index contributed by atoms with van der Waals surface area (Å²) in [7, 11) is 1.51. The number of ether oxygens (including phenoxy) is 2. The van der Waals surface area contributed by atoms with Gasteiger partial charge in [0.1, 0.15) is 29.5 Å². The Morgan fingerprint density at radius 2 is 1.79 bits per heavy atom. The van der Waals surface area contributed by atoms with E-state index in [0.29, 0.717) is 33.6 Å². The summed E-state index contributed by atoms with van der Waals surface area (Å²) in [6, 6.07) is 15.1. The summed E-state index contributed by atoms with van der Waals surface area (Å²) in [5, 5.41) is 0.629. The average Bonchev–Trinajstić information content (AvgIpc) is 3.22. The van der Waals surface area contributed by atoms with E-state index in [1.54, 1.807) is 36.4 Å². The van der Waals surface area contributed by atoms with Crippen molar-refractivity contribution in [1.82, 2.24) is 0 Å². The van der Waals surface area contributed by atoms with Gasteiger partial charge < -0.3 is 18.3 Å². The second-order valence-electron chi connectivity index (χ2n) is 6.20. The molecule has 4 rings (SSSR count). The Morgan fingerprint density at radius 1 is 1.00 bits per heavy atom. The zero-order chi connectivity index (χ0) is 20.4. The van der Waals surface area contributed by atoms with Crippen LogP contribution in [0, 0.1) is 5.82 Å². The van der Waals surface area contributed by atoms with Gasteiger partial charge in [0.05, 0.1) is 7.11 Å². The quantitative estimate of drug-likeness (QED) is 0.365. The molecule has 2 heterocycles. The lowest BCUT2D eigenvalue weighted by atomic mass is 10.1. The van der Waals surface area contributed by atoms with Gasteiger partial charge in [0.25, 0.3) is 0 Å². The lowest BCUT2D eigenvalue weighted by Crippen LogP contribution is -2.07. The minimum atomic E-state index is -0.687. The SMILES string of the molecule is COc1ccc2c(COC(=O)c3ccc(-c4ccc(F)cc4)o3)cc(=O)oc2c1. The Balaban J connectivity index is 1.53. The Kier molecular flexibility index (Phi) is 4.87. The largest absolute Gasteiger partial charge is 0.497 e. The van der Waals surface area contributed by atoms with Crippen LogP contribution in [0.1, 0.15) is 16.1 Å². The fraction of sp³-hybridized carbons (Fsp3) is 0.0909. The van der Waals surface area contributed by atoms with Gasteiger partial charge in [-0.2, -0.15) is 0 Å². The Morgan fingerprint density at radius 3 is 2.55 bits per heavy atom. The van der Waals surface area contributed by atoms with Crippen LogP contribution in [0.15, 0.2) is 74.3 Å². The van der Waals surface area contributed by atoms with Crippen molar-refractivity contribution >= 4 is 16.9 Å². The highest BCUT2D eigenvalue weighted by molar-refractivity contribution is 5.87. The van der Waals surface area contributed by atoms with Crippen LogP contribution >= 0.6 is 0 Å². The van der Waals surface area contributed by atoms with Crippen molar-refractivity contribution in [1.29, 1.82) is 0 Å². The third-order valence-corrected chi connectivity index (χ3v) is 4.33. The van der Waals surface area contributed by atoms with E-state index in [-0.39, 0.29) is 18.2 Å². The van der Waals surface area contributed by atoms with Crippen molar-refractivity contribution in [3.05, 3.63) is 88.2 Å². The number of furan rings is 1. The minimum Gasteiger partial charge on any atom is -0.497 e. The summed E-state index contributed by atoms with van der Waals surface area (Å²) in [4.78, 5) is 24.2. The van der Waals surface area contributed by atoms with E-state index in [1.807, 2.05) is 0 Å². The second kappa shape index (κ2) is 7.63. The molecule has 0 saturated heterocycles. The molecule has 0 bridgehead atoms. The first-order valence-electron chi connectivity index (χ1n) is 8.67. The molecule has 0 amide bonds. The van der Waals surface area contributed by atoms with E-state index in [4.69, 9.17) is 18.3 Å². The summed E-state index contributed by atoms with van der Waals surface area (Å²) in [6.07, 6.45) is 0. The first-order valence-corrected chi connectivity index (χ1v) is 8.67. The smallest absolute Gasteiger partial charge is 0.374 e. The van der Waals surface area contributed by atoms with Crippen LogP contribution in [0.5, 0.6) is 5.75 Å². The molecule has 0 atom stereocenters. The number of hydrogen-bond acceptors (Lipinski definition) is 6. The number of hydrogen-bond donors (Lipinski definition) is 0. The van der Waals surface area contributed by atoms with Crippen LogP contribution in [0.25, 0.3) is 22.3 Å². The molecule has 0 aliphatic heterocycles.